The summed E-state index contributed by atoms with van der Waals surface area (Å²) in [6.07, 6.45) is 2.41. The maximum atomic E-state index is 6.70. The highest BCUT2D eigenvalue weighted by atomic mass is 16.3. The maximum Gasteiger partial charge on any atom is 0.136 e. The predicted molar refractivity (Wildman–Crippen MR) is 294 cm³/mol. The zero-order valence-corrected chi connectivity index (χ0v) is 39.7. The van der Waals surface area contributed by atoms with Crippen LogP contribution in [-0.4, -0.2) is 4.57 Å². The minimum atomic E-state index is -0.120. The Bertz CT molecular complexity index is 4150. The van der Waals surface area contributed by atoms with Crippen LogP contribution in [0.25, 0.3) is 106 Å². The van der Waals surface area contributed by atoms with Crippen LogP contribution in [0.5, 0.6) is 0 Å². The van der Waals surface area contributed by atoms with E-state index < -0.39 is 0 Å². The average Bonchev–Trinajstić information content (AvgIpc) is 4.09. The second kappa shape index (κ2) is 15.0. The summed E-state index contributed by atoms with van der Waals surface area (Å²) >= 11 is 0. The molecule has 2 aliphatic carbocycles. The lowest BCUT2D eigenvalue weighted by Gasteiger charge is -2.22. The van der Waals surface area contributed by atoms with Gasteiger partial charge in [0.15, 0.2) is 0 Å². The second-order valence-electron chi connectivity index (χ2n) is 20.4. The van der Waals surface area contributed by atoms with Crippen molar-refractivity contribution < 1.29 is 4.42 Å². The van der Waals surface area contributed by atoms with Crippen molar-refractivity contribution in [2.75, 3.05) is 0 Å². The van der Waals surface area contributed by atoms with Crippen LogP contribution in [0.1, 0.15) is 66.6 Å². The Hall–Kier alpha value is -8.46. The molecule has 0 aliphatic heterocycles. The van der Waals surface area contributed by atoms with E-state index in [9.17, 15) is 0 Å². The van der Waals surface area contributed by atoms with Crippen molar-refractivity contribution in [2.24, 2.45) is 0 Å². The summed E-state index contributed by atoms with van der Waals surface area (Å²) in [4.78, 5) is 0. The van der Waals surface area contributed by atoms with Gasteiger partial charge in [-0.1, -0.05) is 198 Å². The number of benzene rings is 10. The number of aromatic nitrogens is 1. The van der Waals surface area contributed by atoms with E-state index in [2.05, 4.69) is 257 Å². The zero-order chi connectivity index (χ0) is 46.9. The van der Waals surface area contributed by atoms with Crippen LogP contribution < -0.4 is 0 Å². The second-order valence-corrected chi connectivity index (χ2v) is 20.4. The molecule has 0 amide bonds. The minimum absolute atomic E-state index is 0.0832. The summed E-state index contributed by atoms with van der Waals surface area (Å²) in [5.74, 6) is 0. The maximum absolute atomic E-state index is 6.70. The van der Waals surface area contributed by atoms with Crippen LogP contribution in [0, 0.1) is 0 Å². The fourth-order valence-electron chi connectivity index (χ4n) is 12.3. The Morgan fingerprint density at radius 3 is 1.86 bits per heavy atom. The van der Waals surface area contributed by atoms with Crippen molar-refractivity contribution in [3.05, 3.63) is 257 Å². The zero-order valence-electron chi connectivity index (χ0n) is 39.7. The molecule has 0 radical (unpaired) electrons. The van der Waals surface area contributed by atoms with Gasteiger partial charge < -0.3 is 8.98 Å². The normalized spacial score (nSPS) is 14.3. The number of para-hydroxylation sites is 1. The monoisotopic (exact) mass is 895 g/mol. The van der Waals surface area contributed by atoms with Crippen LogP contribution in [-0.2, 0) is 10.8 Å². The van der Waals surface area contributed by atoms with Gasteiger partial charge >= 0.3 is 0 Å². The van der Waals surface area contributed by atoms with Crippen molar-refractivity contribution in [2.45, 2.75) is 38.5 Å². The predicted octanol–water partition coefficient (Wildman–Crippen LogP) is 18.2. The quantitative estimate of drug-likeness (QED) is 0.152. The SMILES string of the molecule is CC1(C)c2ccccc2-c2ccc(-n3c4ccccc4c4cc(-c5ccc6oc7cccc(/C=C(\c8ccc(-c9ccccc9)cc8)c8cccc9c8-c8ccccc8C9(C)C)c7c6c5)ccc43)cc21. The number of rotatable bonds is 6. The summed E-state index contributed by atoms with van der Waals surface area (Å²) < 4.78 is 9.16. The molecule has 0 bridgehead atoms. The molecule has 2 heteroatoms. The Morgan fingerprint density at radius 1 is 0.414 bits per heavy atom. The highest BCUT2D eigenvalue weighted by Crippen LogP contribution is 2.53. The molecular formula is C68H49NO. The number of nitrogens with zero attached hydrogens (tertiary/aromatic N) is 1. The van der Waals surface area contributed by atoms with Gasteiger partial charge in [-0.05, 0) is 144 Å². The van der Waals surface area contributed by atoms with Crippen LogP contribution in [0.3, 0.4) is 0 Å². The lowest BCUT2D eigenvalue weighted by atomic mass is 9.81. The first-order valence-corrected chi connectivity index (χ1v) is 24.6. The molecule has 2 nitrogen and oxygen atoms in total. The minimum Gasteiger partial charge on any atom is -0.456 e. The van der Waals surface area contributed by atoms with Gasteiger partial charge in [-0.15, -0.1) is 0 Å². The van der Waals surface area contributed by atoms with E-state index in [1.54, 1.807) is 0 Å². The van der Waals surface area contributed by atoms with E-state index in [1.165, 1.54) is 105 Å². The van der Waals surface area contributed by atoms with Gasteiger partial charge in [-0.2, -0.15) is 0 Å². The third-order valence-electron chi connectivity index (χ3n) is 15.9. The van der Waals surface area contributed by atoms with Crippen molar-refractivity contribution in [1.29, 1.82) is 0 Å². The van der Waals surface area contributed by atoms with Crippen molar-refractivity contribution in [3.8, 4) is 50.2 Å². The number of fused-ring (bicyclic) bond motifs is 12. The molecule has 0 fully saturated rings. The number of hydrogen-bond acceptors (Lipinski definition) is 1. The molecule has 0 saturated heterocycles. The summed E-state index contributed by atoms with van der Waals surface area (Å²) in [5, 5.41) is 4.70. The molecule has 332 valence electrons. The summed E-state index contributed by atoms with van der Waals surface area (Å²) in [6.45, 7) is 9.44. The van der Waals surface area contributed by atoms with E-state index in [-0.39, 0.29) is 10.8 Å². The largest absolute Gasteiger partial charge is 0.456 e. The molecule has 0 N–H and O–H groups in total. The third-order valence-corrected chi connectivity index (χ3v) is 15.9. The lowest BCUT2D eigenvalue weighted by molar-refractivity contribution is 0.660. The van der Waals surface area contributed by atoms with Crippen molar-refractivity contribution in [3.63, 3.8) is 0 Å². The van der Waals surface area contributed by atoms with E-state index in [1.807, 2.05) is 0 Å². The van der Waals surface area contributed by atoms with Crippen molar-refractivity contribution >= 4 is 55.4 Å². The number of hydrogen-bond donors (Lipinski definition) is 0. The topological polar surface area (TPSA) is 18.1 Å². The van der Waals surface area contributed by atoms with Crippen molar-refractivity contribution in [1.82, 2.24) is 4.57 Å². The Balaban J connectivity index is 0.923. The molecule has 2 heterocycles. The first kappa shape index (κ1) is 40.6. The average molecular weight is 896 g/mol. The van der Waals surface area contributed by atoms with Gasteiger partial charge in [-0.25, -0.2) is 0 Å². The number of furan rings is 1. The summed E-state index contributed by atoms with van der Waals surface area (Å²) in [5.41, 5.74) is 25.4. The summed E-state index contributed by atoms with van der Waals surface area (Å²) in [6, 6.07) is 80.6. The molecule has 10 aromatic carbocycles. The van der Waals surface area contributed by atoms with Crippen LogP contribution in [0.15, 0.2) is 223 Å². The molecule has 0 atom stereocenters. The Morgan fingerprint density at radius 2 is 1.03 bits per heavy atom. The first-order valence-electron chi connectivity index (χ1n) is 24.6. The van der Waals surface area contributed by atoms with E-state index in [0.29, 0.717) is 0 Å². The fourth-order valence-corrected chi connectivity index (χ4v) is 12.3. The fraction of sp³-hybridized carbons (Fsp3) is 0.0882. The van der Waals surface area contributed by atoms with E-state index >= 15 is 0 Å². The lowest BCUT2D eigenvalue weighted by Crippen LogP contribution is -2.15. The molecule has 0 unspecified atom stereocenters. The Labute approximate surface area is 408 Å². The van der Waals surface area contributed by atoms with Gasteiger partial charge in [0, 0.05) is 38.1 Å². The van der Waals surface area contributed by atoms with Crippen LogP contribution in [0.2, 0.25) is 0 Å². The van der Waals surface area contributed by atoms with Gasteiger partial charge in [-0.3, -0.25) is 0 Å². The molecule has 2 aromatic heterocycles. The molecule has 2 aliphatic rings. The highest BCUT2D eigenvalue weighted by molar-refractivity contribution is 6.14. The van der Waals surface area contributed by atoms with Gasteiger partial charge in [0.1, 0.15) is 11.2 Å². The van der Waals surface area contributed by atoms with Gasteiger partial charge in [0.05, 0.1) is 11.0 Å². The standard InChI is InChI=1S/C68H49NO/c1-67(2)58-24-12-9-21-53(58)66-52(22-15-25-59(66)67)54(44-30-28-43(29-31-44)42-16-6-5-7-17-42)40-47-18-14-27-64-65(47)56-39-46(33-37-63(56)70-64)45-32-36-62-55(38-45)51-20-10-13-26-61(51)69(62)48-34-35-50-49-19-8-11-23-57(49)68(3,4)60(50)41-48/h5-41H,1-4H3/b54-40+. The van der Waals surface area contributed by atoms with Gasteiger partial charge in [0.2, 0.25) is 0 Å². The molecule has 12 aromatic rings. The molecule has 0 saturated carbocycles. The molecular weight excluding hydrogens is 847 g/mol. The molecule has 70 heavy (non-hydrogen) atoms. The van der Waals surface area contributed by atoms with Crippen LogP contribution in [0.4, 0.5) is 0 Å². The summed E-state index contributed by atoms with van der Waals surface area (Å²) in [7, 11) is 0. The molecule has 14 rings (SSSR count). The Kier molecular flexibility index (Phi) is 8.71. The highest BCUT2D eigenvalue weighted by Gasteiger charge is 2.38. The van der Waals surface area contributed by atoms with E-state index in [0.717, 1.165) is 33.1 Å². The van der Waals surface area contributed by atoms with E-state index in [4.69, 9.17) is 4.42 Å². The van der Waals surface area contributed by atoms with Gasteiger partial charge in [0.25, 0.3) is 0 Å². The molecule has 0 spiro atoms. The third kappa shape index (κ3) is 5.93. The van der Waals surface area contributed by atoms with Crippen LogP contribution >= 0.6 is 0 Å². The smallest absolute Gasteiger partial charge is 0.136 e. The first-order chi connectivity index (χ1) is 34.2.